The number of nitrogens with one attached hydrogen (secondary N) is 1. The molecule has 0 bridgehead atoms. The van der Waals surface area contributed by atoms with Crippen LogP contribution < -0.4 is 5.32 Å². The molecule has 1 unspecified atom stereocenters. The summed E-state index contributed by atoms with van der Waals surface area (Å²) in [6, 6.07) is 10.8. The first-order valence-corrected chi connectivity index (χ1v) is 7.72. The van der Waals surface area contributed by atoms with Gasteiger partial charge in [0, 0.05) is 18.5 Å². The predicted octanol–water partition coefficient (Wildman–Crippen LogP) is 3.28. The highest BCUT2D eigenvalue weighted by Gasteiger charge is 2.16. The summed E-state index contributed by atoms with van der Waals surface area (Å²) in [5.41, 5.74) is 2.46. The van der Waals surface area contributed by atoms with Gasteiger partial charge in [0.2, 0.25) is 0 Å². The van der Waals surface area contributed by atoms with Crippen molar-refractivity contribution in [3.8, 4) is 0 Å². The van der Waals surface area contributed by atoms with Crippen molar-refractivity contribution in [1.82, 2.24) is 10.3 Å². The van der Waals surface area contributed by atoms with Crippen LogP contribution >= 0.6 is 11.3 Å². The number of benzene rings is 1. The summed E-state index contributed by atoms with van der Waals surface area (Å²) in [5, 5.41) is 4.72. The Kier molecular flexibility index (Phi) is 5.71. The molecule has 0 aliphatic rings. The molecule has 1 atom stereocenters. The molecule has 0 aliphatic heterocycles. The van der Waals surface area contributed by atoms with E-state index in [1.165, 1.54) is 15.4 Å². The van der Waals surface area contributed by atoms with Gasteiger partial charge in [-0.05, 0) is 25.8 Å². The molecule has 1 N–H and O–H groups in total. The third-order valence-corrected chi connectivity index (χ3v) is 4.51. The number of nitrogens with zero attached hydrogens (tertiary/aromatic N) is 1. The topological polar surface area (TPSA) is 34.1 Å². The van der Waals surface area contributed by atoms with Gasteiger partial charge in [-0.25, -0.2) is 4.98 Å². The van der Waals surface area contributed by atoms with E-state index >= 15 is 0 Å². The second-order valence-electron chi connectivity index (χ2n) is 4.88. The molecular weight excluding hydrogens is 268 g/mol. The summed E-state index contributed by atoms with van der Waals surface area (Å²) < 4.78 is 5.13. The van der Waals surface area contributed by atoms with Gasteiger partial charge < -0.3 is 10.1 Å². The van der Waals surface area contributed by atoms with Crippen molar-refractivity contribution in [2.45, 2.75) is 26.3 Å². The van der Waals surface area contributed by atoms with Crippen LogP contribution in [-0.4, -0.2) is 25.2 Å². The Bertz CT molecular complexity index is 505. The van der Waals surface area contributed by atoms with Crippen molar-refractivity contribution in [1.29, 1.82) is 0 Å². The highest BCUT2D eigenvalue weighted by Crippen LogP contribution is 2.25. The molecule has 4 heteroatoms. The van der Waals surface area contributed by atoms with E-state index in [0.29, 0.717) is 6.61 Å². The van der Waals surface area contributed by atoms with Crippen LogP contribution in [0.1, 0.15) is 27.2 Å². The second-order valence-corrected chi connectivity index (χ2v) is 6.12. The molecule has 0 aliphatic carbocycles. The molecule has 108 valence electrons. The monoisotopic (exact) mass is 290 g/mol. The minimum Gasteiger partial charge on any atom is -0.383 e. The first-order valence-electron chi connectivity index (χ1n) is 6.91. The summed E-state index contributed by atoms with van der Waals surface area (Å²) in [6.45, 7) is 5.76. The highest BCUT2D eigenvalue weighted by atomic mass is 32.1. The van der Waals surface area contributed by atoms with Gasteiger partial charge in [0.25, 0.3) is 0 Å². The molecule has 1 aromatic carbocycles. The normalized spacial score (nSPS) is 12.6. The highest BCUT2D eigenvalue weighted by molar-refractivity contribution is 7.11. The van der Waals surface area contributed by atoms with Crippen LogP contribution in [0.15, 0.2) is 30.3 Å². The molecule has 1 heterocycles. The van der Waals surface area contributed by atoms with E-state index in [4.69, 9.17) is 9.72 Å². The predicted molar refractivity (Wildman–Crippen MR) is 84.4 cm³/mol. The number of ether oxygens (including phenoxy) is 1. The van der Waals surface area contributed by atoms with Gasteiger partial charge in [-0.2, -0.15) is 0 Å². The molecule has 0 saturated heterocycles. The average Bonchev–Trinajstić information content (AvgIpc) is 2.79. The molecule has 0 saturated carbocycles. The lowest BCUT2D eigenvalue weighted by Crippen LogP contribution is -2.26. The van der Waals surface area contributed by atoms with E-state index in [2.05, 4.69) is 49.5 Å². The van der Waals surface area contributed by atoms with Gasteiger partial charge in [0.15, 0.2) is 0 Å². The van der Waals surface area contributed by atoms with Crippen LogP contribution in [0.2, 0.25) is 0 Å². The van der Waals surface area contributed by atoms with Crippen molar-refractivity contribution < 1.29 is 4.74 Å². The largest absolute Gasteiger partial charge is 0.383 e. The third kappa shape index (κ3) is 4.13. The summed E-state index contributed by atoms with van der Waals surface area (Å²) in [6.07, 6.45) is 0.955. The zero-order valence-corrected chi connectivity index (χ0v) is 13.2. The van der Waals surface area contributed by atoms with E-state index in [-0.39, 0.29) is 6.04 Å². The molecular formula is C16H22N2OS. The second kappa shape index (κ2) is 7.53. The molecule has 0 fully saturated rings. The smallest absolute Gasteiger partial charge is 0.110 e. The van der Waals surface area contributed by atoms with Crippen LogP contribution in [-0.2, 0) is 11.2 Å². The Morgan fingerprint density at radius 2 is 2.00 bits per heavy atom. The third-order valence-electron chi connectivity index (χ3n) is 3.32. The molecule has 0 amide bonds. The van der Waals surface area contributed by atoms with E-state index in [9.17, 15) is 0 Å². The van der Waals surface area contributed by atoms with Crippen LogP contribution in [0.25, 0.3) is 0 Å². The number of hydrogen-bond donors (Lipinski definition) is 1. The fourth-order valence-electron chi connectivity index (χ4n) is 2.08. The van der Waals surface area contributed by atoms with Gasteiger partial charge in [-0.15, -0.1) is 11.3 Å². The van der Waals surface area contributed by atoms with Gasteiger partial charge in [-0.1, -0.05) is 30.3 Å². The first-order chi connectivity index (χ1) is 9.70. The number of methoxy groups -OCH3 is 1. The van der Waals surface area contributed by atoms with Crippen LogP contribution in [0, 0.1) is 13.8 Å². The lowest BCUT2D eigenvalue weighted by Gasteiger charge is -2.16. The maximum absolute atomic E-state index is 5.13. The van der Waals surface area contributed by atoms with E-state index in [0.717, 1.165) is 18.7 Å². The lowest BCUT2D eigenvalue weighted by atomic mass is 10.1. The maximum atomic E-state index is 5.13. The Balaban J connectivity index is 2.11. The van der Waals surface area contributed by atoms with Crippen molar-refractivity contribution in [2.75, 3.05) is 20.3 Å². The summed E-state index contributed by atoms with van der Waals surface area (Å²) in [7, 11) is 1.73. The standard InChI is InChI=1S/C16H22N2OS/c1-12-13(2)20-16(18-12)15(17-9-10-19-3)11-14-7-5-4-6-8-14/h4-8,15,17H,9-11H2,1-3H3. The SMILES string of the molecule is COCCNC(Cc1ccccc1)c1nc(C)c(C)s1. The van der Waals surface area contributed by atoms with Gasteiger partial charge in [0.05, 0.1) is 18.3 Å². The van der Waals surface area contributed by atoms with E-state index in [1.54, 1.807) is 18.4 Å². The number of aromatic nitrogens is 1. The minimum absolute atomic E-state index is 0.255. The van der Waals surface area contributed by atoms with Crippen LogP contribution in [0.5, 0.6) is 0 Å². The zero-order valence-electron chi connectivity index (χ0n) is 12.3. The molecule has 0 radical (unpaired) electrons. The number of aryl methyl sites for hydroxylation is 2. The van der Waals surface area contributed by atoms with Gasteiger partial charge >= 0.3 is 0 Å². The molecule has 2 aromatic rings. The fourth-order valence-corrected chi connectivity index (χ4v) is 3.08. The first kappa shape index (κ1) is 15.2. The zero-order chi connectivity index (χ0) is 14.4. The van der Waals surface area contributed by atoms with Gasteiger partial charge in [-0.3, -0.25) is 0 Å². The van der Waals surface area contributed by atoms with Gasteiger partial charge in [0.1, 0.15) is 5.01 Å². The molecule has 2 rings (SSSR count). The van der Waals surface area contributed by atoms with Crippen LogP contribution in [0.4, 0.5) is 0 Å². The Morgan fingerprint density at radius 3 is 2.60 bits per heavy atom. The summed E-state index contributed by atoms with van der Waals surface area (Å²) in [4.78, 5) is 6.00. The van der Waals surface area contributed by atoms with Crippen molar-refractivity contribution in [3.05, 3.63) is 51.5 Å². The number of hydrogen-bond acceptors (Lipinski definition) is 4. The summed E-state index contributed by atoms with van der Waals surface area (Å²) >= 11 is 1.79. The Labute approximate surface area is 125 Å². The molecule has 20 heavy (non-hydrogen) atoms. The molecule has 3 nitrogen and oxygen atoms in total. The quantitative estimate of drug-likeness (QED) is 0.795. The Morgan fingerprint density at radius 1 is 1.25 bits per heavy atom. The average molecular weight is 290 g/mol. The van der Waals surface area contributed by atoms with Crippen molar-refractivity contribution in [3.63, 3.8) is 0 Å². The van der Waals surface area contributed by atoms with Crippen molar-refractivity contribution >= 4 is 11.3 Å². The maximum Gasteiger partial charge on any atom is 0.110 e. The van der Waals surface area contributed by atoms with Crippen molar-refractivity contribution in [2.24, 2.45) is 0 Å². The number of thiazole rings is 1. The van der Waals surface area contributed by atoms with Crippen LogP contribution in [0.3, 0.4) is 0 Å². The minimum atomic E-state index is 0.255. The number of rotatable bonds is 7. The fraction of sp³-hybridized carbons (Fsp3) is 0.438. The molecule has 1 aromatic heterocycles. The molecule has 0 spiro atoms. The summed E-state index contributed by atoms with van der Waals surface area (Å²) in [5.74, 6) is 0. The Hall–Kier alpha value is -1.23. The lowest BCUT2D eigenvalue weighted by molar-refractivity contribution is 0.195. The van der Waals surface area contributed by atoms with E-state index < -0.39 is 0 Å². The van der Waals surface area contributed by atoms with E-state index in [1.807, 2.05) is 0 Å².